The number of fused-ring (bicyclic) bond motifs is 1. The molecule has 0 radical (unpaired) electrons. The molecule has 0 bridgehead atoms. The third-order valence-corrected chi connectivity index (χ3v) is 4.87. The zero-order chi connectivity index (χ0) is 21.1. The molecule has 30 heavy (non-hydrogen) atoms. The number of aryl methyl sites for hydroxylation is 1. The van der Waals surface area contributed by atoms with Gasteiger partial charge in [0.1, 0.15) is 0 Å². The Hall–Kier alpha value is -3.99. The van der Waals surface area contributed by atoms with E-state index in [1.165, 1.54) is 6.07 Å². The van der Waals surface area contributed by atoms with Crippen LogP contribution in [0.1, 0.15) is 37.9 Å². The molecule has 0 spiro atoms. The summed E-state index contributed by atoms with van der Waals surface area (Å²) < 4.78 is 5.69. The first-order valence-electron chi connectivity index (χ1n) is 9.52. The molecule has 0 fully saturated rings. The number of carbonyl (C=O) groups is 2. The maximum absolute atomic E-state index is 13.2. The summed E-state index contributed by atoms with van der Waals surface area (Å²) in [5.41, 5.74) is 2.25. The molecule has 0 saturated heterocycles. The van der Waals surface area contributed by atoms with Crippen molar-refractivity contribution in [1.29, 1.82) is 0 Å². The number of para-hydroxylation sites is 1. The summed E-state index contributed by atoms with van der Waals surface area (Å²) in [5.74, 6) is -1.06. The summed E-state index contributed by atoms with van der Waals surface area (Å²) in [7, 11) is 0. The van der Waals surface area contributed by atoms with Crippen LogP contribution in [0, 0.1) is 6.92 Å². The molecular formula is C25H19NO4. The topological polar surface area (TPSA) is 76.2 Å². The van der Waals surface area contributed by atoms with Crippen LogP contribution >= 0.6 is 0 Å². The number of H-pyrrole nitrogens is 1. The van der Waals surface area contributed by atoms with Gasteiger partial charge in [0, 0.05) is 28.1 Å². The minimum atomic E-state index is -1.13. The van der Waals surface area contributed by atoms with Crippen molar-refractivity contribution in [2.45, 2.75) is 13.0 Å². The number of nitrogens with one attached hydrogen (secondary N) is 1. The third kappa shape index (κ3) is 3.91. The second kappa shape index (κ2) is 8.17. The predicted octanol–water partition coefficient (Wildman–Crippen LogP) is 4.62. The van der Waals surface area contributed by atoms with Crippen LogP contribution in [0.25, 0.3) is 10.9 Å². The van der Waals surface area contributed by atoms with E-state index in [1.807, 2.05) is 25.1 Å². The Morgan fingerprint density at radius 1 is 0.867 bits per heavy atom. The largest absolute Gasteiger partial charge is 0.445 e. The van der Waals surface area contributed by atoms with Crippen molar-refractivity contribution in [1.82, 2.24) is 4.98 Å². The zero-order valence-corrected chi connectivity index (χ0v) is 16.3. The number of rotatable bonds is 5. The normalized spacial score (nSPS) is 11.8. The number of Topliss-reactive ketones (excluding diaryl/α,β-unsaturated/α-hetero) is 1. The Balaban J connectivity index is 1.74. The van der Waals surface area contributed by atoms with Gasteiger partial charge in [0.05, 0.1) is 5.56 Å². The summed E-state index contributed by atoms with van der Waals surface area (Å²) in [6, 6.07) is 24.1. The average Bonchev–Trinajstić information content (AvgIpc) is 2.77. The van der Waals surface area contributed by atoms with Crippen molar-refractivity contribution in [3.63, 3.8) is 0 Å². The summed E-state index contributed by atoms with van der Waals surface area (Å²) >= 11 is 0. The first-order chi connectivity index (χ1) is 14.5. The molecule has 5 nitrogen and oxygen atoms in total. The first kappa shape index (κ1) is 19.3. The lowest BCUT2D eigenvalue weighted by Gasteiger charge is -2.18. The standard InChI is InChI=1S/C25H19NO4/c1-16-11-13-17(14-12-16)23(28)24(18-7-3-2-4-8-18)30-25(29)20-15-22(27)26-21-10-6-5-9-19(20)21/h2-15,24H,1H3,(H,26,27)/t24-/m1/s1. The minimum absolute atomic E-state index is 0.118. The average molecular weight is 397 g/mol. The summed E-state index contributed by atoms with van der Waals surface area (Å²) in [5, 5.41) is 0.552. The van der Waals surface area contributed by atoms with Gasteiger partial charge < -0.3 is 9.72 Å². The Morgan fingerprint density at radius 2 is 1.53 bits per heavy atom. The highest BCUT2D eigenvalue weighted by atomic mass is 16.5. The number of hydrogen-bond acceptors (Lipinski definition) is 4. The highest BCUT2D eigenvalue weighted by Gasteiger charge is 2.27. The number of aromatic amines is 1. The van der Waals surface area contributed by atoms with Gasteiger partial charge in [-0.25, -0.2) is 4.79 Å². The molecule has 1 atom stereocenters. The SMILES string of the molecule is Cc1ccc(C(=O)[C@H](OC(=O)c2cc(=O)[nH]c3ccccc23)c2ccccc2)cc1. The molecule has 1 N–H and O–H groups in total. The van der Waals surface area contributed by atoms with Crippen LogP contribution < -0.4 is 5.56 Å². The predicted molar refractivity (Wildman–Crippen MR) is 115 cm³/mol. The van der Waals surface area contributed by atoms with Gasteiger partial charge in [-0.3, -0.25) is 9.59 Å². The summed E-state index contributed by atoms with van der Waals surface area (Å²) in [4.78, 5) is 41.0. The maximum Gasteiger partial charge on any atom is 0.340 e. The summed E-state index contributed by atoms with van der Waals surface area (Å²) in [6.45, 7) is 1.93. The first-order valence-corrected chi connectivity index (χ1v) is 9.52. The fraction of sp³-hybridized carbons (Fsp3) is 0.0800. The number of ketones is 1. The van der Waals surface area contributed by atoms with E-state index in [0.717, 1.165) is 5.56 Å². The smallest absolute Gasteiger partial charge is 0.340 e. The Kier molecular flexibility index (Phi) is 5.26. The lowest BCUT2D eigenvalue weighted by molar-refractivity contribution is 0.0282. The number of ether oxygens (including phenoxy) is 1. The molecule has 4 aromatic rings. The molecule has 0 aliphatic heterocycles. The molecule has 0 aliphatic carbocycles. The number of esters is 1. The van der Waals surface area contributed by atoms with Crippen LogP contribution in [-0.4, -0.2) is 16.7 Å². The van der Waals surface area contributed by atoms with Crippen molar-refractivity contribution in [3.8, 4) is 0 Å². The van der Waals surface area contributed by atoms with E-state index in [2.05, 4.69) is 4.98 Å². The Labute approximate surface area is 173 Å². The number of aromatic nitrogens is 1. The second-order valence-corrected chi connectivity index (χ2v) is 7.02. The van der Waals surface area contributed by atoms with E-state index in [4.69, 9.17) is 4.74 Å². The van der Waals surface area contributed by atoms with Crippen LogP contribution in [-0.2, 0) is 4.74 Å². The maximum atomic E-state index is 13.2. The summed E-state index contributed by atoms with van der Waals surface area (Å²) in [6.07, 6.45) is -1.13. The van der Waals surface area contributed by atoms with Crippen molar-refractivity contribution in [2.75, 3.05) is 0 Å². The number of carbonyl (C=O) groups excluding carboxylic acids is 2. The molecule has 0 saturated carbocycles. The monoisotopic (exact) mass is 397 g/mol. The van der Waals surface area contributed by atoms with Crippen LogP contribution in [0.15, 0.2) is 89.7 Å². The Bertz CT molecular complexity index is 1270. The fourth-order valence-corrected chi connectivity index (χ4v) is 3.31. The van der Waals surface area contributed by atoms with Crippen LogP contribution in [0.3, 0.4) is 0 Å². The van der Waals surface area contributed by atoms with E-state index in [0.29, 0.717) is 22.0 Å². The van der Waals surface area contributed by atoms with Gasteiger partial charge >= 0.3 is 5.97 Å². The van der Waals surface area contributed by atoms with E-state index in [1.54, 1.807) is 60.7 Å². The van der Waals surface area contributed by atoms with Crippen LogP contribution in [0.2, 0.25) is 0 Å². The van der Waals surface area contributed by atoms with Crippen LogP contribution in [0.4, 0.5) is 0 Å². The fourth-order valence-electron chi connectivity index (χ4n) is 3.31. The highest BCUT2D eigenvalue weighted by Crippen LogP contribution is 2.25. The van der Waals surface area contributed by atoms with E-state index < -0.39 is 17.6 Å². The quantitative estimate of drug-likeness (QED) is 0.394. The third-order valence-electron chi connectivity index (χ3n) is 4.87. The van der Waals surface area contributed by atoms with Crippen molar-refractivity contribution >= 4 is 22.7 Å². The van der Waals surface area contributed by atoms with Gasteiger partial charge in [-0.15, -0.1) is 0 Å². The molecule has 0 amide bonds. The molecule has 1 heterocycles. The molecule has 1 aromatic heterocycles. The van der Waals surface area contributed by atoms with Crippen LogP contribution in [0.5, 0.6) is 0 Å². The Morgan fingerprint density at radius 3 is 2.27 bits per heavy atom. The molecule has 0 unspecified atom stereocenters. The van der Waals surface area contributed by atoms with E-state index >= 15 is 0 Å². The lowest BCUT2D eigenvalue weighted by atomic mass is 9.99. The van der Waals surface area contributed by atoms with Crippen molar-refractivity contribution < 1.29 is 14.3 Å². The molecule has 4 rings (SSSR count). The molecule has 5 heteroatoms. The zero-order valence-electron chi connectivity index (χ0n) is 16.3. The minimum Gasteiger partial charge on any atom is -0.445 e. The van der Waals surface area contributed by atoms with Gasteiger partial charge in [-0.1, -0.05) is 78.4 Å². The van der Waals surface area contributed by atoms with Crippen molar-refractivity contribution in [3.05, 3.63) is 118 Å². The van der Waals surface area contributed by atoms with Gasteiger partial charge in [0.15, 0.2) is 6.10 Å². The number of hydrogen-bond donors (Lipinski definition) is 1. The number of pyridine rings is 1. The number of benzene rings is 3. The van der Waals surface area contributed by atoms with Gasteiger partial charge in [-0.2, -0.15) is 0 Å². The second-order valence-electron chi connectivity index (χ2n) is 7.02. The van der Waals surface area contributed by atoms with E-state index in [-0.39, 0.29) is 11.3 Å². The molecule has 0 aliphatic rings. The molecule has 3 aromatic carbocycles. The molecule has 148 valence electrons. The molecular weight excluding hydrogens is 378 g/mol. The van der Waals surface area contributed by atoms with Crippen molar-refractivity contribution in [2.24, 2.45) is 0 Å². The van der Waals surface area contributed by atoms with Gasteiger partial charge in [0.25, 0.3) is 0 Å². The lowest BCUT2D eigenvalue weighted by Crippen LogP contribution is -2.21. The van der Waals surface area contributed by atoms with E-state index in [9.17, 15) is 14.4 Å². The highest BCUT2D eigenvalue weighted by molar-refractivity contribution is 6.06. The van der Waals surface area contributed by atoms with Gasteiger partial charge in [0.2, 0.25) is 11.3 Å². The van der Waals surface area contributed by atoms with Gasteiger partial charge in [-0.05, 0) is 13.0 Å².